The van der Waals surface area contributed by atoms with Crippen LogP contribution in [0.5, 0.6) is 11.8 Å². The first kappa shape index (κ1) is 28.4. The Kier molecular flexibility index (Phi) is 6.93. The Bertz CT molecular complexity index is 1540. The Morgan fingerprint density at radius 2 is 1.81 bits per heavy atom. The monoisotopic (exact) mass is 584 g/mol. The quantitative estimate of drug-likeness (QED) is 0.214. The smallest absolute Gasteiger partial charge is 0.417 e. The predicted molar refractivity (Wildman–Crippen MR) is 145 cm³/mol. The summed E-state index contributed by atoms with van der Waals surface area (Å²) >= 11 is 0. The zero-order valence-corrected chi connectivity index (χ0v) is 23.8. The summed E-state index contributed by atoms with van der Waals surface area (Å²) in [6, 6.07) is 6.51. The SMILES string of the molecule is Cc1nc(OC2CCC2)ccc1-c1cc(COc2cc3c(cn2)C2[C@@H](C3)[C@@H]2C(=O)OC(C)(C)C)c(F)cc1C(F)(F)F. The lowest BCUT2D eigenvalue weighted by Gasteiger charge is -2.26. The molecule has 2 aromatic heterocycles. The van der Waals surface area contributed by atoms with E-state index in [1.807, 2.05) is 20.8 Å². The molecule has 2 saturated carbocycles. The molecule has 0 amide bonds. The molecule has 10 heteroatoms. The number of benzene rings is 1. The number of carbonyl (C=O) groups excluding carboxylic acids is 1. The minimum atomic E-state index is -4.78. The molecule has 0 radical (unpaired) electrons. The fourth-order valence-electron chi connectivity index (χ4n) is 5.92. The molecular weight excluding hydrogens is 552 g/mol. The first-order valence-corrected chi connectivity index (χ1v) is 14.2. The topological polar surface area (TPSA) is 70.5 Å². The number of alkyl halides is 3. The number of pyridine rings is 2. The number of esters is 1. The molecule has 0 aliphatic heterocycles. The number of ether oxygens (including phenoxy) is 3. The Hall–Kier alpha value is -3.69. The molecule has 222 valence electrons. The fourth-order valence-corrected chi connectivity index (χ4v) is 5.92. The van der Waals surface area contributed by atoms with Gasteiger partial charge in [-0.15, -0.1) is 0 Å². The largest absolute Gasteiger partial charge is 0.474 e. The van der Waals surface area contributed by atoms with Gasteiger partial charge in [-0.05, 0) is 94.2 Å². The molecular formula is C32H32F4N2O4. The second kappa shape index (κ2) is 10.2. The predicted octanol–water partition coefficient (Wildman–Crippen LogP) is 7.35. The molecule has 3 aromatic rings. The van der Waals surface area contributed by atoms with Crippen molar-refractivity contribution in [1.82, 2.24) is 9.97 Å². The summed E-state index contributed by atoms with van der Waals surface area (Å²) in [6.45, 7) is 6.80. The lowest BCUT2D eigenvalue weighted by molar-refractivity contribution is -0.157. The van der Waals surface area contributed by atoms with E-state index in [0.29, 0.717) is 24.1 Å². The van der Waals surface area contributed by atoms with E-state index in [9.17, 15) is 22.4 Å². The number of aryl methyl sites for hydroxylation is 1. The van der Waals surface area contributed by atoms with Crippen LogP contribution in [-0.2, 0) is 28.7 Å². The highest BCUT2D eigenvalue weighted by Crippen LogP contribution is 2.62. The molecule has 2 fully saturated rings. The van der Waals surface area contributed by atoms with Crippen LogP contribution in [0.1, 0.15) is 73.9 Å². The van der Waals surface area contributed by atoms with Gasteiger partial charge in [-0.2, -0.15) is 13.2 Å². The van der Waals surface area contributed by atoms with Gasteiger partial charge in [0.2, 0.25) is 11.8 Å². The van der Waals surface area contributed by atoms with Gasteiger partial charge in [-0.3, -0.25) is 4.79 Å². The van der Waals surface area contributed by atoms with E-state index in [-0.39, 0.29) is 59.0 Å². The van der Waals surface area contributed by atoms with Gasteiger partial charge in [0, 0.05) is 41.1 Å². The van der Waals surface area contributed by atoms with Crippen LogP contribution in [0, 0.1) is 24.6 Å². The van der Waals surface area contributed by atoms with Gasteiger partial charge in [0.15, 0.2) is 0 Å². The summed E-state index contributed by atoms with van der Waals surface area (Å²) in [5.74, 6) is -0.593. The molecule has 0 saturated heterocycles. The van der Waals surface area contributed by atoms with Crippen molar-refractivity contribution in [3.63, 3.8) is 0 Å². The zero-order chi connectivity index (χ0) is 30.0. The number of aromatic nitrogens is 2. The van der Waals surface area contributed by atoms with Crippen molar-refractivity contribution < 1.29 is 36.6 Å². The standard InChI is InChI=1S/C32H32F4N2O4/c1-16-20(8-9-26(38-16)41-19-6-5-7-19)21-11-18(25(33)13-24(21)32(34,35)36)15-40-27-12-17-10-22-28(23(17)14-37-27)29(22)30(39)42-31(2,3)4/h8-9,11-14,19,22,28-29H,5-7,10,15H2,1-4H3/t22-,28?,29+/m1/s1. The molecule has 1 aromatic carbocycles. The normalized spacial score (nSPS) is 21.3. The third-order valence-electron chi connectivity index (χ3n) is 8.22. The molecule has 2 heterocycles. The summed E-state index contributed by atoms with van der Waals surface area (Å²) in [7, 11) is 0. The Morgan fingerprint density at radius 1 is 1.05 bits per heavy atom. The average molecular weight is 585 g/mol. The van der Waals surface area contributed by atoms with Crippen LogP contribution in [0.15, 0.2) is 36.5 Å². The van der Waals surface area contributed by atoms with Crippen LogP contribution in [0.25, 0.3) is 11.1 Å². The van der Waals surface area contributed by atoms with Crippen LogP contribution in [-0.4, -0.2) is 27.6 Å². The number of hydrogen-bond donors (Lipinski definition) is 0. The van der Waals surface area contributed by atoms with Crippen molar-refractivity contribution >= 4 is 5.97 Å². The molecule has 0 spiro atoms. The highest BCUT2D eigenvalue weighted by Gasteiger charge is 2.61. The Morgan fingerprint density at radius 3 is 2.45 bits per heavy atom. The van der Waals surface area contributed by atoms with Crippen LogP contribution in [0.3, 0.4) is 0 Å². The van der Waals surface area contributed by atoms with Crippen molar-refractivity contribution in [2.24, 2.45) is 11.8 Å². The van der Waals surface area contributed by atoms with Gasteiger partial charge < -0.3 is 14.2 Å². The minimum Gasteiger partial charge on any atom is -0.474 e. The van der Waals surface area contributed by atoms with Crippen molar-refractivity contribution in [3.05, 3.63) is 70.3 Å². The molecule has 3 atom stereocenters. The van der Waals surface area contributed by atoms with E-state index in [1.165, 1.54) is 12.1 Å². The van der Waals surface area contributed by atoms with Crippen LogP contribution < -0.4 is 9.47 Å². The van der Waals surface area contributed by atoms with E-state index in [0.717, 1.165) is 30.4 Å². The molecule has 3 aliphatic rings. The summed E-state index contributed by atoms with van der Waals surface area (Å²) in [5.41, 5.74) is 0.686. The molecule has 1 unspecified atom stereocenters. The van der Waals surface area contributed by atoms with Gasteiger partial charge in [0.1, 0.15) is 24.1 Å². The number of halogens is 4. The summed E-state index contributed by atoms with van der Waals surface area (Å²) < 4.78 is 74.0. The molecule has 3 aliphatic carbocycles. The van der Waals surface area contributed by atoms with Gasteiger partial charge in [-0.25, -0.2) is 14.4 Å². The van der Waals surface area contributed by atoms with Gasteiger partial charge in [0.25, 0.3) is 0 Å². The van der Waals surface area contributed by atoms with E-state index >= 15 is 0 Å². The molecule has 0 bridgehead atoms. The highest BCUT2D eigenvalue weighted by atomic mass is 19.4. The minimum absolute atomic E-state index is 0.0395. The van der Waals surface area contributed by atoms with Crippen molar-refractivity contribution in [1.29, 1.82) is 0 Å². The van der Waals surface area contributed by atoms with Crippen molar-refractivity contribution in [3.8, 4) is 22.9 Å². The second-order valence-corrected chi connectivity index (χ2v) is 12.4. The van der Waals surface area contributed by atoms with Gasteiger partial charge in [0.05, 0.1) is 11.5 Å². The summed E-state index contributed by atoms with van der Waals surface area (Å²) in [6.07, 6.45) is 0.568. The first-order valence-electron chi connectivity index (χ1n) is 14.2. The van der Waals surface area contributed by atoms with E-state index in [4.69, 9.17) is 14.2 Å². The van der Waals surface area contributed by atoms with Crippen molar-refractivity contribution in [2.45, 2.75) is 83.8 Å². The van der Waals surface area contributed by atoms with Crippen LogP contribution in [0.4, 0.5) is 17.6 Å². The van der Waals surface area contributed by atoms with Gasteiger partial charge >= 0.3 is 12.1 Å². The lowest BCUT2D eigenvalue weighted by atomic mass is 9.95. The number of rotatable bonds is 7. The van der Waals surface area contributed by atoms with Crippen molar-refractivity contribution in [2.75, 3.05) is 0 Å². The maximum absolute atomic E-state index is 15.0. The van der Waals surface area contributed by atoms with Gasteiger partial charge in [-0.1, -0.05) is 0 Å². The van der Waals surface area contributed by atoms with E-state index in [2.05, 4.69) is 9.97 Å². The summed E-state index contributed by atoms with van der Waals surface area (Å²) in [5, 5.41) is 0. The number of hydrogen-bond acceptors (Lipinski definition) is 6. The second-order valence-electron chi connectivity index (χ2n) is 12.4. The van der Waals surface area contributed by atoms with Crippen LogP contribution in [0.2, 0.25) is 0 Å². The number of nitrogens with zero attached hydrogens (tertiary/aromatic N) is 2. The molecule has 6 rings (SSSR count). The fraction of sp³-hybridized carbons (Fsp3) is 0.469. The third kappa shape index (κ3) is 5.55. The average Bonchev–Trinajstić information content (AvgIpc) is 3.46. The molecule has 6 nitrogen and oxygen atoms in total. The number of fused-ring (bicyclic) bond motifs is 3. The Balaban J connectivity index is 1.20. The highest BCUT2D eigenvalue weighted by molar-refractivity contribution is 5.80. The molecule has 0 N–H and O–H groups in total. The Labute approximate surface area is 241 Å². The van der Waals surface area contributed by atoms with E-state index < -0.39 is 23.2 Å². The maximum atomic E-state index is 15.0. The molecule has 42 heavy (non-hydrogen) atoms. The third-order valence-corrected chi connectivity index (χ3v) is 8.22. The maximum Gasteiger partial charge on any atom is 0.417 e. The zero-order valence-electron chi connectivity index (χ0n) is 23.8. The lowest BCUT2D eigenvalue weighted by Crippen LogP contribution is -2.26. The number of carbonyl (C=O) groups is 1. The summed E-state index contributed by atoms with van der Waals surface area (Å²) in [4.78, 5) is 21.2. The van der Waals surface area contributed by atoms with E-state index in [1.54, 1.807) is 25.3 Å². The first-order chi connectivity index (χ1) is 19.8. The van der Waals surface area contributed by atoms with Crippen LogP contribution >= 0.6 is 0 Å².